The van der Waals surface area contributed by atoms with Gasteiger partial charge in [-0.15, -0.1) is 0 Å². The van der Waals surface area contributed by atoms with Crippen LogP contribution in [0.15, 0.2) is 34.8 Å². The quantitative estimate of drug-likeness (QED) is 0.591. The van der Waals surface area contributed by atoms with Crippen LogP contribution in [-0.4, -0.2) is 51.7 Å². The number of halogens is 4. The van der Waals surface area contributed by atoms with Gasteiger partial charge in [-0.3, -0.25) is 9.69 Å². The maximum atomic E-state index is 13.4. The van der Waals surface area contributed by atoms with Crippen molar-refractivity contribution in [2.75, 3.05) is 31.6 Å². The number of amides is 1. The second kappa shape index (κ2) is 8.56. The minimum absolute atomic E-state index is 0.0708. The molecule has 1 saturated heterocycles. The first-order valence-electron chi connectivity index (χ1n) is 9.56. The molecule has 2 aromatic heterocycles. The van der Waals surface area contributed by atoms with Gasteiger partial charge in [-0.05, 0) is 46.6 Å². The van der Waals surface area contributed by atoms with E-state index in [4.69, 9.17) is 4.74 Å². The highest BCUT2D eigenvalue weighted by Crippen LogP contribution is 2.32. The SMILES string of the molecule is Cc1cc(C(F)(F)F)n2nc(C(=O)Nc3cccc(CN4CCOCC4)c3)c(Br)c2n1. The number of aryl methyl sites for hydroxylation is 1. The number of alkyl halides is 3. The smallest absolute Gasteiger partial charge is 0.379 e. The largest absolute Gasteiger partial charge is 0.433 e. The summed E-state index contributed by atoms with van der Waals surface area (Å²) in [7, 11) is 0. The third-order valence-corrected chi connectivity index (χ3v) is 5.59. The van der Waals surface area contributed by atoms with E-state index in [-0.39, 0.29) is 21.5 Å². The van der Waals surface area contributed by atoms with Gasteiger partial charge >= 0.3 is 6.18 Å². The average Bonchev–Trinajstić information content (AvgIpc) is 3.04. The lowest BCUT2D eigenvalue weighted by Gasteiger charge is -2.26. The molecule has 7 nitrogen and oxygen atoms in total. The van der Waals surface area contributed by atoms with Crippen LogP contribution in [0.4, 0.5) is 18.9 Å². The molecule has 0 aliphatic carbocycles. The van der Waals surface area contributed by atoms with Crippen molar-refractivity contribution in [2.24, 2.45) is 0 Å². The zero-order valence-corrected chi connectivity index (χ0v) is 18.1. The number of anilines is 1. The van der Waals surface area contributed by atoms with Crippen LogP contribution in [0, 0.1) is 6.92 Å². The Balaban J connectivity index is 1.59. The number of rotatable bonds is 4. The van der Waals surface area contributed by atoms with E-state index in [0.717, 1.165) is 24.7 Å². The number of hydrogen-bond donors (Lipinski definition) is 1. The molecule has 0 bridgehead atoms. The zero-order valence-electron chi connectivity index (χ0n) is 16.5. The number of fused-ring (bicyclic) bond motifs is 1. The molecule has 3 heterocycles. The summed E-state index contributed by atoms with van der Waals surface area (Å²) < 4.78 is 46.3. The molecule has 1 N–H and O–H groups in total. The van der Waals surface area contributed by atoms with Gasteiger partial charge in [-0.1, -0.05) is 12.1 Å². The predicted molar refractivity (Wildman–Crippen MR) is 111 cm³/mol. The van der Waals surface area contributed by atoms with E-state index in [1.165, 1.54) is 6.92 Å². The van der Waals surface area contributed by atoms with Gasteiger partial charge in [0.05, 0.1) is 17.7 Å². The van der Waals surface area contributed by atoms with E-state index in [2.05, 4.69) is 36.2 Å². The number of ether oxygens (including phenoxy) is 1. The molecule has 1 aliphatic rings. The van der Waals surface area contributed by atoms with Gasteiger partial charge in [0.15, 0.2) is 11.3 Å². The molecule has 0 saturated carbocycles. The highest BCUT2D eigenvalue weighted by molar-refractivity contribution is 9.10. The number of carbonyl (C=O) groups is 1. The Hall–Kier alpha value is -2.50. The molecule has 3 aromatic rings. The number of carbonyl (C=O) groups excluding carboxylic acids is 1. The minimum atomic E-state index is -4.64. The Morgan fingerprint density at radius 2 is 2.00 bits per heavy atom. The van der Waals surface area contributed by atoms with Gasteiger partial charge in [0.2, 0.25) is 0 Å². The van der Waals surface area contributed by atoms with E-state index in [1.807, 2.05) is 18.2 Å². The second-order valence-electron chi connectivity index (χ2n) is 7.22. The van der Waals surface area contributed by atoms with Crippen LogP contribution in [0.25, 0.3) is 5.65 Å². The molecule has 1 amide bonds. The van der Waals surface area contributed by atoms with Crippen molar-refractivity contribution in [3.63, 3.8) is 0 Å². The Labute approximate surface area is 184 Å². The second-order valence-corrected chi connectivity index (χ2v) is 8.01. The van der Waals surface area contributed by atoms with Gasteiger partial charge in [0.25, 0.3) is 5.91 Å². The van der Waals surface area contributed by atoms with Gasteiger partial charge in [-0.25, -0.2) is 9.50 Å². The minimum Gasteiger partial charge on any atom is -0.379 e. The summed E-state index contributed by atoms with van der Waals surface area (Å²) in [5.41, 5.74) is 0.455. The average molecular weight is 498 g/mol. The first-order valence-corrected chi connectivity index (χ1v) is 10.3. The third kappa shape index (κ3) is 4.73. The van der Waals surface area contributed by atoms with Crippen molar-refractivity contribution in [1.29, 1.82) is 0 Å². The lowest BCUT2D eigenvalue weighted by Crippen LogP contribution is -2.35. The summed E-state index contributed by atoms with van der Waals surface area (Å²) in [6, 6.07) is 8.21. The number of nitrogens with zero attached hydrogens (tertiary/aromatic N) is 4. The Morgan fingerprint density at radius 3 is 2.71 bits per heavy atom. The normalized spacial score (nSPS) is 15.4. The van der Waals surface area contributed by atoms with E-state index in [9.17, 15) is 18.0 Å². The van der Waals surface area contributed by atoms with Crippen molar-refractivity contribution >= 4 is 33.2 Å². The first-order chi connectivity index (χ1) is 14.7. The molecule has 11 heteroatoms. The first kappa shape index (κ1) is 21.7. The standard InChI is InChI=1S/C20H19BrF3N5O2/c1-12-9-15(20(22,23)24)29-18(25-12)16(21)17(27-29)19(30)26-14-4-2-3-13(10-14)11-28-5-7-31-8-6-28/h2-4,9-10H,5-8,11H2,1H3,(H,26,30). The van der Waals surface area contributed by atoms with Crippen LogP contribution in [0.1, 0.15) is 27.4 Å². The molecule has 4 rings (SSSR count). The van der Waals surface area contributed by atoms with Crippen molar-refractivity contribution in [1.82, 2.24) is 19.5 Å². The summed E-state index contributed by atoms with van der Waals surface area (Å²) in [4.78, 5) is 19.1. The number of aromatic nitrogens is 3. The molecule has 1 aliphatic heterocycles. The lowest BCUT2D eigenvalue weighted by molar-refractivity contribution is -0.142. The number of hydrogen-bond acceptors (Lipinski definition) is 5. The monoisotopic (exact) mass is 497 g/mol. The molecular formula is C20H19BrF3N5O2. The van der Waals surface area contributed by atoms with Crippen molar-refractivity contribution in [3.8, 4) is 0 Å². The van der Waals surface area contributed by atoms with Gasteiger partial charge in [0.1, 0.15) is 5.69 Å². The van der Waals surface area contributed by atoms with Crippen LogP contribution in [0.3, 0.4) is 0 Å². The lowest BCUT2D eigenvalue weighted by atomic mass is 10.1. The van der Waals surface area contributed by atoms with Crippen LogP contribution in [0.2, 0.25) is 0 Å². The predicted octanol–water partition coefficient (Wildman–Crippen LogP) is 3.90. The zero-order chi connectivity index (χ0) is 22.2. The molecular weight excluding hydrogens is 479 g/mol. The maximum absolute atomic E-state index is 13.4. The summed E-state index contributed by atoms with van der Waals surface area (Å²) >= 11 is 3.19. The summed E-state index contributed by atoms with van der Waals surface area (Å²) in [6.45, 7) is 5.20. The van der Waals surface area contributed by atoms with Crippen LogP contribution < -0.4 is 5.32 Å². The summed E-state index contributed by atoms with van der Waals surface area (Å²) in [5, 5.41) is 6.60. The fraction of sp³-hybridized carbons (Fsp3) is 0.350. The Kier molecular flexibility index (Phi) is 6.00. The Bertz CT molecular complexity index is 1130. The number of morpholine rings is 1. The van der Waals surface area contributed by atoms with Gasteiger partial charge in [0, 0.05) is 31.0 Å². The fourth-order valence-electron chi connectivity index (χ4n) is 3.42. The number of nitrogens with one attached hydrogen (secondary N) is 1. The van der Waals surface area contributed by atoms with Gasteiger partial charge < -0.3 is 10.1 Å². The molecule has 31 heavy (non-hydrogen) atoms. The van der Waals surface area contributed by atoms with Crippen LogP contribution >= 0.6 is 15.9 Å². The molecule has 0 radical (unpaired) electrons. The molecule has 1 aromatic carbocycles. The molecule has 0 atom stereocenters. The van der Waals surface area contributed by atoms with Crippen molar-refractivity contribution in [3.05, 3.63) is 57.4 Å². The Morgan fingerprint density at radius 1 is 1.26 bits per heavy atom. The van der Waals surface area contributed by atoms with Crippen molar-refractivity contribution < 1.29 is 22.7 Å². The topological polar surface area (TPSA) is 71.8 Å². The summed E-state index contributed by atoms with van der Waals surface area (Å²) in [5.74, 6) is -0.633. The molecule has 1 fully saturated rings. The van der Waals surface area contributed by atoms with Crippen LogP contribution in [-0.2, 0) is 17.5 Å². The van der Waals surface area contributed by atoms with Crippen molar-refractivity contribution in [2.45, 2.75) is 19.6 Å². The third-order valence-electron chi connectivity index (χ3n) is 4.86. The van der Waals surface area contributed by atoms with E-state index < -0.39 is 17.8 Å². The number of benzene rings is 1. The van der Waals surface area contributed by atoms with E-state index in [0.29, 0.717) is 30.0 Å². The maximum Gasteiger partial charge on any atom is 0.433 e. The molecule has 0 spiro atoms. The highest BCUT2D eigenvalue weighted by atomic mass is 79.9. The van der Waals surface area contributed by atoms with Crippen LogP contribution in [0.5, 0.6) is 0 Å². The molecule has 0 unspecified atom stereocenters. The summed E-state index contributed by atoms with van der Waals surface area (Å²) in [6.07, 6.45) is -4.64. The fourth-order valence-corrected chi connectivity index (χ4v) is 3.93. The van der Waals surface area contributed by atoms with E-state index >= 15 is 0 Å². The van der Waals surface area contributed by atoms with Gasteiger partial charge in [-0.2, -0.15) is 18.3 Å². The highest BCUT2D eigenvalue weighted by Gasteiger charge is 2.36. The molecule has 164 valence electrons. The van der Waals surface area contributed by atoms with E-state index in [1.54, 1.807) is 6.07 Å².